The molecule has 4 N–H and O–H groups in total. The van der Waals surface area contributed by atoms with Crippen molar-refractivity contribution in [3.05, 3.63) is 18.2 Å². The van der Waals surface area contributed by atoms with Crippen molar-refractivity contribution in [1.82, 2.24) is 10.6 Å². The van der Waals surface area contributed by atoms with Crippen LogP contribution in [-0.4, -0.2) is 56.2 Å². The van der Waals surface area contributed by atoms with E-state index in [0.29, 0.717) is 36.9 Å². The van der Waals surface area contributed by atoms with E-state index < -0.39 is 17.5 Å². The van der Waals surface area contributed by atoms with Gasteiger partial charge in [-0.3, -0.25) is 14.9 Å². The Morgan fingerprint density at radius 2 is 1.68 bits per heavy atom. The van der Waals surface area contributed by atoms with Gasteiger partial charge in [-0.05, 0) is 39.8 Å². The first-order chi connectivity index (χ1) is 13.2. The molecule has 1 heterocycles. The Labute approximate surface area is 164 Å². The van der Waals surface area contributed by atoms with Crippen LogP contribution < -0.4 is 30.3 Å². The first-order valence-corrected chi connectivity index (χ1v) is 9.31. The van der Waals surface area contributed by atoms with Gasteiger partial charge >= 0.3 is 6.03 Å². The summed E-state index contributed by atoms with van der Waals surface area (Å²) in [5.74, 6) is 0.564. The van der Waals surface area contributed by atoms with Crippen LogP contribution in [0.4, 0.5) is 10.5 Å². The molecule has 9 heteroatoms. The summed E-state index contributed by atoms with van der Waals surface area (Å²) in [5.41, 5.74) is 0.157. The van der Waals surface area contributed by atoms with E-state index in [0.717, 1.165) is 4.90 Å². The number of hydrogen-bond donors (Lipinski definition) is 4. The number of fused-ring (bicyclic) bond motifs is 1. The largest absolute Gasteiger partial charge is 0.486 e. The van der Waals surface area contributed by atoms with Gasteiger partial charge in [0.2, 0.25) is 0 Å². The molecule has 0 bridgehead atoms. The van der Waals surface area contributed by atoms with Gasteiger partial charge in [-0.15, -0.1) is 0 Å². The molecule has 0 radical (unpaired) electrons. The fraction of sp³-hybridized carbons (Fsp3) is 0.526. The van der Waals surface area contributed by atoms with Crippen LogP contribution in [-0.2, 0) is 9.59 Å². The van der Waals surface area contributed by atoms with Crippen LogP contribution in [0.25, 0.3) is 0 Å². The number of hydrogen-bond acceptors (Lipinski definition) is 5. The third-order valence-electron chi connectivity index (χ3n) is 3.89. The molecule has 1 aliphatic heterocycles. The lowest BCUT2D eigenvalue weighted by atomic mass is 10.1. The van der Waals surface area contributed by atoms with E-state index in [1.165, 1.54) is 0 Å². The van der Waals surface area contributed by atoms with Crippen LogP contribution in [0, 0.1) is 0 Å². The van der Waals surface area contributed by atoms with Crippen molar-refractivity contribution in [3.8, 4) is 11.5 Å². The minimum Gasteiger partial charge on any atom is -0.486 e. The first kappa shape index (κ1) is 21.5. The lowest BCUT2D eigenvalue weighted by molar-refractivity contribution is -0.881. The molecule has 4 amide bonds. The molecule has 0 aliphatic carbocycles. The monoisotopic (exact) mass is 393 g/mol. The third kappa shape index (κ3) is 7.07. The summed E-state index contributed by atoms with van der Waals surface area (Å²) >= 11 is 0. The quantitative estimate of drug-likeness (QED) is 0.541. The minimum atomic E-state index is -0.548. The molecule has 1 aliphatic rings. The fourth-order valence-electron chi connectivity index (χ4n) is 2.64. The van der Waals surface area contributed by atoms with Crippen molar-refractivity contribution in [1.29, 1.82) is 0 Å². The number of urea groups is 1. The number of likely N-dealkylation sites (N-methyl/N-ethyl adjacent to an activating group) is 1. The SMILES string of the molecule is CC[NH+](CC(=O)NC(=O)NC(C)(C)C)CC(=O)Nc1ccc2c(c1)OCCO2. The van der Waals surface area contributed by atoms with Gasteiger partial charge < -0.3 is 25.0 Å². The minimum absolute atomic E-state index is 0.0165. The number of ether oxygens (including phenoxy) is 2. The molecular weight excluding hydrogens is 364 g/mol. The van der Waals surface area contributed by atoms with Gasteiger partial charge in [0.05, 0.1) is 6.54 Å². The standard InChI is InChI=1S/C19H28N4O5/c1-5-23(12-17(25)21-18(26)22-19(2,3)4)11-16(24)20-13-6-7-14-15(10-13)28-9-8-27-14/h6-7,10H,5,8-9,11-12H2,1-4H3,(H,20,24)(H2,21,22,25,26)/p+1. The van der Waals surface area contributed by atoms with Crippen LogP contribution in [0.3, 0.4) is 0 Å². The third-order valence-corrected chi connectivity index (χ3v) is 3.89. The van der Waals surface area contributed by atoms with E-state index in [1.807, 2.05) is 27.7 Å². The average Bonchev–Trinajstić information content (AvgIpc) is 2.59. The molecule has 1 atom stereocenters. The van der Waals surface area contributed by atoms with Crippen molar-refractivity contribution >= 4 is 23.5 Å². The average molecular weight is 393 g/mol. The Morgan fingerprint density at radius 1 is 1.04 bits per heavy atom. The van der Waals surface area contributed by atoms with Crippen LogP contribution in [0.1, 0.15) is 27.7 Å². The van der Waals surface area contributed by atoms with E-state index in [9.17, 15) is 14.4 Å². The highest BCUT2D eigenvalue weighted by molar-refractivity contribution is 5.95. The highest BCUT2D eigenvalue weighted by Crippen LogP contribution is 2.32. The number of benzene rings is 1. The predicted octanol–water partition coefficient (Wildman–Crippen LogP) is -0.0746. The van der Waals surface area contributed by atoms with E-state index >= 15 is 0 Å². The molecule has 1 aromatic carbocycles. The summed E-state index contributed by atoms with van der Waals surface area (Å²) in [6.07, 6.45) is 0. The first-order valence-electron chi connectivity index (χ1n) is 9.31. The topological polar surface area (TPSA) is 110 Å². The number of carbonyl (C=O) groups is 3. The molecule has 154 valence electrons. The highest BCUT2D eigenvalue weighted by atomic mass is 16.6. The lowest BCUT2D eigenvalue weighted by Gasteiger charge is -2.21. The Hall–Kier alpha value is -2.81. The molecular formula is C19H29N4O5+. The number of anilines is 1. The zero-order valence-electron chi connectivity index (χ0n) is 16.8. The van der Waals surface area contributed by atoms with Gasteiger partial charge in [-0.2, -0.15) is 0 Å². The van der Waals surface area contributed by atoms with Gasteiger partial charge in [0.25, 0.3) is 11.8 Å². The maximum atomic E-state index is 12.3. The molecule has 9 nitrogen and oxygen atoms in total. The Bertz CT molecular complexity index is 730. The number of imide groups is 1. The van der Waals surface area contributed by atoms with Crippen LogP contribution in [0.15, 0.2) is 18.2 Å². The van der Waals surface area contributed by atoms with Crippen molar-refractivity contribution in [2.75, 3.05) is 38.2 Å². The Morgan fingerprint density at radius 3 is 2.32 bits per heavy atom. The second kappa shape index (κ2) is 9.41. The Kier molecular flexibility index (Phi) is 7.22. The lowest BCUT2D eigenvalue weighted by Crippen LogP contribution is -3.14. The van der Waals surface area contributed by atoms with Gasteiger partial charge in [0, 0.05) is 17.3 Å². The molecule has 0 aromatic heterocycles. The second-order valence-corrected chi connectivity index (χ2v) is 7.62. The van der Waals surface area contributed by atoms with Crippen LogP contribution in [0.2, 0.25) is 0 Å². The summed E-state index contributed by atoms with van der Waals surface area (Å²) in [4.78, 5) is 36.9. The van der Waals surface area contributed by atoms with E-state index in [-0.39, 0.29) is 19.0 Å². The number of nitrogens with one attached hydrogen (secondary N) is 4. The molecule has 1 unspecified atom stereocenters. The second-order valence-electron chi connectivity index (χ2n) is 7.62. The summed E-state index contributed by atoms with van der Waals surface area (Å²) in [6, 6.07) is 4.64. The van der Waals surface area contributed by atoms with Crippen molar-refractivity contribution in [2.45, 2.75) is 33.2 Å². The summed E-state index contributed by atoms with van der Waals surface area (Å²) in [7, 11) is 0. The maximum absolute atomic E-state index is 12.3. The molecule has 0 fully saturated rings. The smallest absolute Gasteiger partial charge is 0.322 e. The van der Waals surface area contributed by atoms with Gasteiger partial charge in [-0.1, -0.05) is 0 Å². The molecule has 2 rings (SSSR count). The normalized spacial score (nSPS) is 14.0. The molecule has 0 spiro atoms. The van der Waals surface area contributed by atoms with E-state index in [2.05, 4.69) is 16.0 Å². The van der Waals surface area contributed by atoms with Crippen molar-refractivity contribution in [2.24, 2.45) is 0 Å². The van der Waals surface area contributed by atoms with Crippen LogP contribution >= 0.6 is 0 Å². The zero-order valence-corrected chi connectivity index (χ0v) is 16.8. The van der Waals surface area contributed by atoms with Gasteiger partial charge in [0.15, 0.2) is 24.6 Å². The molecule has 0 saturated carbocycles. The van der Waals surface area contributed by atoms with Crippen LogP contribution in [0.5, 0.6) is 11.5 Å². The number of amides is 4. The van der Waals surface area contributed by atoms with E-state index in [1.54, 1.807) is 18.2 Å². The van der Waals surface area contributed by atoms with E-state index in [4.69, 9.17) is 9.47 Å². The summed E-state index contributed by atoms with van der Waals surface area (Å²) in [6.45, 7) is 8.98. The number of rotatable bonds is 6. The van der Waals surface area contributed by atoms with Gasteiger partial charge in [0.1, 0.15) is 13.2 Å². The fourth-order valence-corrected chi connectivity index (χ4v) is 2.64. The predicted molar refractivity (Wildman–Crippen MR) is 104 cm³/mol. The van der Waals surface area contributed by atoms with Gasteiger partial charge in [-0.25, -0.2) is 4.79 Å². The highest BCUT2D eigenvalue weighted by Gasteiger charge is 2.21. The number of carbonyl (C=O) groups excluding carboxylic acids is 3. The van der Waals surface area contributed by atoms with Crippen molar-refractivity contribution < 1.29 is 28.8 Å². The number of quaternary nitrogens is 1. The maximum Gasteiger partial charge on any atom is 0.322 e. The summed E-state index contributed by atoms with van der Waals surface area (Å²) in [5, 5.41) is 7.74. The Balaban J connectivity index is 1.84. The van der Waals surface area contributed by atoms with Crippen molar-refractivity contribution in [3.63, 3.8) is 0 Å². The molecule has 28 heavy (non-hydrogen) atoms. The molecule has 0 saturated heterocycles. The molecule has 1 aromatic rings. The zero-order chi connectivity index (χ0) is 20.7. The summed E-state index contributed by atoms with van der Waals surface area (Å²) < 4.78 is 11.0.